The van der Waals surface area contributed by atoms with Gasteiger partial charge in [0.05, 0.1) is 5.56 Å². The van der Waals surface area contributed by atoms with Gasteiger partial charge in [0.15, 0.2) is 6.10 Å². The first-order valence-electron chi connectivity index (χ1n) is 8.62. The highest BCUT2D eigenvalue weighted by atomic mass is 16.5. The van der Waals surface area contributed by atoms with Gasteiger partial charge in [-0.3, -0.25) is 20.4 Å². The van der Waals surface area contributed by atoms with Crippen LogP contribution in [-0.2, 0) is 4.79 Å². The number of benzene rings is 3. The number of phenols is 1. The summed E-state index contributed by atoms with van der Waals surface area (Å²) in [5, 5.41) is 11.7. The predicted molar refractivity (Wildman–Crippen MR) is 102 cm³/mol. The Morgan fingerprint density at radius 2 is 1.59 bits per heavy atom. The molecule has 0 bridgehead atoms. The summed E-state index contributed by atoms with van der Waals surface area (Å²) >= 11 is 0. The molecule has 0 radical (unpaired) electrons. The van der Waals surface area contributed by atoms with Crippen LogP contribution < -0.4 is 15.6 Å². The number of para-hydroxylation sites is 1. The van der Waals surface area contributed by atoms with Gasteiger partial charge in [0.1, 0.15) is 11.5 Å². The van der Waals surface area contributed by atoms with Crippen molar-refractivity contribution in [2.45, 2.75) is 19.4 Å². The minimum absolute atomic E-state index is 0.0750. The van der Waals surface area contributed by atoms with Gasteiger partial charge in [-0.25, -0.2) is 0 Å². The summed E-state index contributed by atoms with van der Waals surface area (Å²) in [5.41, 5.74) is 4.75. The summed E-state index contributed by atoms with van der Waals surface area (Å²) < 4.78 is 5.63. The quantitative estimate of drug-likeness (QED) is 0.607. The molecule has 1 atom stereocenters. The molecule has 0 aliphatic rings. The van der Waals surface area contributed by atoms with Gasteiger partial charge in [0, 0.05) is 0 Å². The van der Waals surface area contributed by atoms with E-state index in [9.17, 15) is 14.7 Å². The monoisotopic (exact) mass is 364 g/mol. The molecular formula is C21H20N2O4. The Labute approximate surface area is 156 Å². The van der Waals surface area contributed by atoms with Gasteiger partial charge in [-0.15, -0.1) is 0 Å². The molecule has 6 heteroatoms. The van der Waals surface area contributed by atoms with E-state index in [0.29, 0.717) is 12.2 Å². The van der Waals surface area contributed by atoms with Crippen molar-refractivity contribution in [1.82, 2.24) is 10.9 Å². The first-order chi connectivity index (χ1) is 13.1. The second-order valence-electron chi connectivity index (χ2n) is 5.99. The lowest BCUT2D eigenvalue weighted by Gasteiger charge is -2.17. The van der Waals surface area contributed by atoms with E-state index >= 15 is 0 Å². The Kier molecular flexibility index (Phi) is 5.56. The lowest BCUT2D eigenvalue weighted by atomic mass is 10.1. The highest BCUT2D eigenvalue weighted by molar-refractivity contribution is 6.02. The van der Waals surface area contributed by atoms with E-state index in [0.717, 1.165) is 10.8 Å². The summed E-state index contributed by atoms with van der Waals surface area (Å²) in [6.45, 7) is 1.81. The second kappa shape index (κ2) is 8.23. The van der Waals surface area contributed by atoms with Crippen LogP contribution in [0, 0.1) is 0 Å². The van der Waals surface area contributed by atoms with E-state index in [1.807, 2.05) is 49.4 Å². The fraction of sp³-hybridized carbons (Fsp3) is 0.143. The Hall–Kier alpha value is -3.54. The minimum Gasteiger partial charge on any atom is -0.507 e. The highest BCUT2D eigenvalue weighted by Crippen LogP contribution is 2.24. The Balaban J connectivity index is 1.65. The normalized spacial score (nSPS) is 11.6. The largest absolute Gasteiger partial charge is 0.507 e. The SMILES string of the molecule is CCC(Oc1ccccc1)C(=O)NNC(=O)c1cc2ccccc2cc1O. The van der Waals surface area contributed by atoms with Crippen LogP contribution in [0.4, 0.5) is 0 Å². The number of ether oxygens (including phenoxy) is 1. The zero-order valence-electron chi connectivity index (χ0n) is 14.8. The summed E-state index contributed by atoms with van der Waals surface area (Å²) in [6, 6.07) is 19.4. The molecule has 0 heterocycles. The molecule has 3 aromatic rings. The zero-order valence-corrected chi connectivity index (χ0v) is 14.8. The van der Waals surface area contributed by atoms with Crippen molar-refractivity contribution in [2.24, 2.45) is 0 Å². The number of hydrazine groups is 1. The van der Waals surface area contributed by atoms with Crippen molar-refractivity contribution in [2.75, 3.05) is 0 Å². The van der Waals surface area contributed by atoms with Crippen LogP contribution in [0.3, 0.4) is 0 Å². The smallest absolute Gasteiger partial charge is 0.279 e. The molecule has 0 aliphatic carbocycles. The number of rotatable bonds is 5. The van der Waals surface area contributed by atoms with E-state index in [4.69, 9.17) is 4.74 Å². The Morgan fingerprint density at radius 1 is 0.963 bits per heavy atom. The summed E-state index contributed by atoms with van der Waals surface area (Å²) in [5.74, 6) is -0.679. The van der Waals surface area contributed by atoms with E-state index in [1.54, 1.807) is 18.2 Å². The van der Waals surface area contributed by atoms with Crippen molar-refractivity contribution in [3.05, 3.63) is 72.3 Å². The van der Waals surface area contributed by atoms with Gasteiger partial charge in [0.25, 0.3) is 11.8 Å². The van der Waals surface area contributed by atoms with Crippen LogP contribution in [0.5, 0.6) is 11.5 Å². The van der Waals surface area contributed by atoms with Crippen LogP contribution in [-0.4, -0.2) is 23.0 Å². The zero-order chi connectivity index (χ0) is 19.2. The fourth-order valence-corrected chi connectivity index (χ4v) is 2.66. The first-order valence-corrected chi connectivity index (χ1v) is 8.62. The van der Waals surface area contributed by atoms with Crippen LogP contribution in [0.2, 0.25) is 0 Å². The average molecular weight is 364 g/mol. The molecule has 0 saturated heterocycles. The van der Waals surface area contributed by atoms with Gasteiger partial charge in [-0.1, -0.05) is 49.4 Å². The van der Waals surface area contributed by atoms with Gasteiger partial charge in [-0.2, -0.15) is 0 Å². The topological polar surface area (TPSA) is 87.7 Å². The number of nitrogens with one attached hydrogen (secondary N) is 2. The van der Waals surface area contributed by atoms with Gasteiger partial charge in [-0.05, 0) is 41.5 Å². The maximum atomic E-state index is 12.4. The molecule has 138 valence electrons. The molecule has 0 spiro atoms. The molecule has 0 fully saturated rings. The first kappa shape index (κ1) is 18.3. The van der Waals surface area contributed by atoms with Crippen molar-refractivity contribution < 1.29 is 19.4 Å². The lowest BCUT2D eigenvalue weighted by Crippen LogP contribution is -2.48. The Morgan fingerprint density at radius 3 is 2.26 bits per heavy atom. The number of carbonyl (C=O) groups excluding carboxylic acids is 2. The second-order valence-corrected chi connectivity index (χ2v) is 5.99. The molecule has 3 N–H and O–H groups in total. The van der Waals surface area contributed by atoms with E-state index < -0.39 is 17.9 Å². The molecule has 3 rings (SSSR count). The number of phenolic OH excluding ortho intramolecular Hbond substituents is 1. The van der Waals surface area contributed by atoms with E-state index in [2.05, 4.69) is 10.9 Å². The molecule has 2 amide bonds. The van der Waals surface area contributed by atoms with Gasteiger partial charge < -0.3 is 9.84 Å². The molecule has 27 heavy (non-hydrogen) atoms. The maximum Gasteiger partial charge on any atom is 0.279 e. The van der Waals surface area contributed by atoms with Crippen molar-refractivity contribution >= 4 is 22.6 Å². The van der Waals surface area contributed by atoms with Gasteiger partial charge >= 0.3 is 0 Å². The van der Waals surface area contributed by atoms with Crippen LogP contribution >= 0.6 is 0 Å². The van der Waals surface area contributed by atoms with Crippen molar-refractivity contribution in [3.63, 3.8) is 0 Å². The third-order valence-corrected chi connectivity index (χ3v) is 4.09. The number of hydrogen-bond donors (Lipinski definition) is 3. The number of carbonyl (C=O) groups is 2. The molecule has 0 aliphatic heterocycles. The third kappa shape index (κ3) is 4.36. The summed E-state index contributed by atoms with van der Waals surface area (Å²) in [7, 11) is 0. The molecular weight excluding hydrogens is 344 g/mol. The maximum absolute atomic E-state index is 12.4. The molecule has 0 saturated carbocycles. The number of aromatic hydroxyl groups is 1. The van der Waals surface area contributed by atoms with Gasteiger partial charge in [0.2, 0.25) is 0 Å². The number of amides is 2. The van der Waals surface area contributed by atoms with E-state index in [1.165, 1.54) is 6.07 Å². The van der Waals surface area contributed by atoms with E-state index in [-0.39, 0.29) is 11.3 Å². The van der Waals surface area contributed by atoms with Crippen LogP contribution in [0.25, 0.3) is 10.8 Å². The fourth-order valence-electron chi connectivity index (χ4n) is 2.66. The minimum atomic E-state index is -0.752. The number of hydrogen-bond acceptors (Lipinski definition) is 4. The third-order valence-electron chi connectivity index (χ3n) is 4.09. The predicted octanol–water partition coefficient (Wildman–Crippen LogP) is 3.16. The summed E-state index contributed by atoms with van der Waals surface area (Å²) in [6.07, 6.45) is -0.324. The molecule has 1 unspecified atom stereocenters. The van der Waals surface area contributed by atoms with Crippen LogP contribution in [0.1, 0.15) is 23.7 Å². The highest BCUT2D eigenvalue weighted by Gasteiger charge is 2.20. The van der Waals surface area contributed by atoms with Crippen molar-refractivity contribution in [1.29, 1.82) is 0 Å². The van der Waals surface area contributed by atoms with Crippen LogP contribution in [0.15, 0.2) is 66.7 Å². The van der Waals surface area contributed by atoms with Crippen molar-refractivity contribution in [3.8, 4) is 11.5 Å². The summed E-state index contributed by atoms with van der Waals surface area (Å²) in [4.78, 5) is 24.7. The average Bonchev–Trinajstić information content (AvgIpc) is 2.70. The standard InChI is InChI=1S/C21H20N2O4/c1-2-19(27-16-10-4-3-5-11-16)21(26)23-22-20(25)17-12-14-8-6-7-9-15(14)13-18(17)24/h3-13,19,24H,2H2,1H3,(H,22,25)(H,23,26). The Bertz CT molecular complexity index is 957. The molecule has 0 aromatic heterocycles. The lowest BCUT2D eigenvalue weighted by molar-refractivity contribution is -0.128. The number of fused-ring (bicyclic) bond motifs is 1. The molecule has 3 aromatic carbocycles. The molecule has 6 nitrogen and oxygen atoms in total.